The zero-order valence-corrected chi connectivity index (χ0v) is 5.53. The predicted molar refractivity (Wildman–Crippen MR) is 26.4 cm³/mol. The lowest BCUT2D eigenvalue weighted by Crippen LogP contribution is -2.30. The van der Waals surface area contributed by atoms with Crippen molar-refractivity contribution in [2.45, 2.75) is 11.0 Å². The van der Waals surface area contributed by atoms with E-state index in [1.807, 2.05) is 0 Å². The minimum atomic E-state index is -3.97. The van der Waals surface area contributed by atoms with Crippen LogP contribution in [0.1, 0.15) is 0 Å². The molecular formula is C3H2BrF3O2. The van der Waals surface area contributed by atoms with Crippen LogP contribution in [0.15, 0.2) is 0 Å². The van der Waals surface area contributed by atoms with Crippen molar-refractivity contribution in [3.8, 4) is 0 Å². The van der Waals surface area contributed by atoms with Crippen LogP contribution in [-0.2, 0) is 4.79 Å². The third-order valence-corrected chi connectivity index (χ3v) is 0.906. The number of alkyl halides is 4. The van der Waals surface area contributed by atoms with Crippen LogP contribution < -0.4 is 0 Å². The van der Waals surface area contributed by atoms with Gasteiger partial charge in [0.25, 0.3) is 6.17 Å². The molecule has 0 heterocycles. The minimum absolute atomic E-state index is 1.56. The van der Waals surface area contributed by atoms with E-state index in [4.69, 9.17) is 5.11 Å². The Hall–Kier alpha value is -0.260. The lowest BCUT2D eigenvalue weighted by atomic mass is 10.4. The van der Waals surface area contributed by atoms with Crippen LogP contribution in [0.3, 0.4) is 0 Å². The van der Waals surface area contributed by atoms with E-state index in [9.17, 15) is 18.0 Å². The Labute approximate surface area is 56.8 Å². The predicted octanol–water partition coefficient (Wildman–Crippen LogP) is 1.40. The Bertz CT molecular complexity index is 121. The van der Waals surface area contributed by atoms with Gasteiger partial charge >= 0.3 is 10.8 Å². The van der Waals surface area contributed by atoms with Gasteiger partial charge in [-0.1, -0.05) is 0 Å². The zero-order chi connectivity index (χ0) is 7.65. The Morgan fingerprint density at radius 2 is 2.00 bits per heavy atom. The molecule has 6 heteroatoms. The summed E-state index contributed by atoms with van der Waals surface area (Å²) >= 11 is 1.56. The fraction of sp³-hybridized carbons (Fsp3) is 0.667. The van der Waals surface area contributed by atoms with E-state index in [2.05, 4.69) is 0 Å². The van der Waals surface area contributed by atoms with E-state index in [0.717, 1.165) is 0 Å². The zero-order valence-electron chi connectivity index (χ0n) is 3.94. The number of hydrogen-bond acceptors (Lipinski definition) is 1. The first-order chi connectivity index (χ1) is 3.85. The highest BCUT2D eigenvalue weighted by molar-refractivity contribution is 9.10. The highest BCUT2D eigenvalue weighted by atomic mass is 79.9. The molecule has 0 aromatic rings. The van der Waals surface area contributed by atoms with Crippen molar-refractivity contribution in [2.24, 2.45) is 0 Å². The molecule has 1 unspecified atom stereocenters. The maximum atomic E-state index is 11.6. The molecule has 0 saturated heterocycles. The second kappa shape index (κ2) is 2.55. The first-order valence-corrected chi connectivity index (χ1v) is 2.58. The van der Waals surface area contributed by atoms with E-state index < -0.39 is 17.0 Å². The number of carboxylic acid groups (broad SMARTS) is 1. The fourth-order valence-electron chi connectivity index (χ4n) is 0.140. The molecule has 0 aliphatic carbocycles. The lowest BCUT2D eigenvalue weighted by Gasteiger charge is -2.07. The molecular weight excluding hydrogens is 205 g/mol. The molecule has 0 aromatic heterocycles. The molecule has 0 fully saturated rings. The largest absolute Gasteiger partial charge is 0.479 e. The quantitative estimate of drug-likeness (QED) is 0.694. The fourth-order valence-corrected chi connectivity index (χ4v) is 0.336. The summed E-state index contributed by atoms with van der Waals surface area (Å²) in [6.07, 6.45) is -3.18. The summed E-state index contributed by atoms with van der Waals surface area (Å²) in [4.78, 5) is 5.49. The molecule has 9 heavy (non-hydrogen) atoms. The maximum Gasteiger partial charge on any atom is 0.345 e. The van der Waals surface area contributed by atoms with E-state index in [1.165, 1.54) is 0 Å². The summed E-state index contributed by atoms with van der Waals surface area (Å²) in [5.74, 6) is -2.18. The van der Waals surface area contributed by atoms with Crippen LogP contribution in [0.25, 0.3) is 0 Å². The standard InChI is InChI=1S/C3H2BrF3O2/c4-3(6,7)1(5)2(8)9/h1H,(H,8,9). The summed E-state index contributed by atoms with van der Waals surface area (Å²) in [7, 11) is 0. The molecule has 0 spiro atoms. The van der Waals surface area contributed by atoms with Crippen LogP contribution in [-0.4, -0.2) is 22.1 Å². The summed E-state index contributed by atoms with van der Waals surface area (Å²) in [6, 6.07) is 0. The number of carbonyl (C=O) groups is 1. The van der Waals surface area contributed by atoms with Gasteiger partial charge in [-0.2, -0.15) is 8.78 Å². The van der Waals surface area contributed by atoms with Gasteiger partial charge in [0, 0.05) is 0 Å². The molecule has 0 amide bonds. The van der Waals surface area contributed by atoms with Gasteiger partial charge in [-0.25, -0.2) is 9.18 Å². The molecule has 0 aromatic carbocycles. The van der Waals surface area contributed by atoms with Crippen molar-refractivity contribution in [2.75, 3.05) is 0 Å². The van der Waals surface area contributed by atoms with Gasteiger partial charge in [-0.15, -0.1) is 0 Å². The first kappa shape index (κ1) is 8.74. The molecule has 1 N–H and O–H groups in total. The lowest BCUT2D eigenvalue weighted by molar-refractivity contribution is -0.150. The molecule has 0 saturated carbocycles. The van der Waals surface area contributed by atoms with Crippen LogP contribution in [0, 0.1) is 0 Å². The monoisotopic (exact) mass is 206 g/mol. The van der Waals surface area contributed by atoms with E-state index >= 15 is 0 Å². The molecule has 0 radical (unpaired) electrons. The maximum absolute atomic E-state index is 11.6. The smallest absolute Gasteiger partial charge is 0.345 e. The average Bonchev–Trinajstić information content (AvgIpc) is 1.62. The van der Waals surface area contributed by atoms with Crippen LogP contribution in [0.4, 0.5) is 13.2 Å². The molecule has 1 atom stereocenters. The first-order valence-electron chi connectivity index (χ1n) is 1.79. The highest BCUT2D eigenvalue weighted by Crippen LogP contribution is 2.28. The topological polar surface area (TPSA) is 37.3 Å². The van der Waals surface area contributed by atoms with Crippen molar-refractivity contribution >= 4 is 21.9 Å². The van der Waals surface area contributed by atoms with Crippen molar-refractivity contribution < 1.29 is 23.1 Å². The van der Waals surface area contributed by atoms with Gasteiger partial charge in [0.05, 0.1) is 0 Å². The average molecular weight is 207 g/mol. The summed E-state index contributed by atoms with van der Waals surface area (Å²) in [5.41, 5.74) is 0. The Balaban J connectivity index is 4.04. The van der Waals surface area contributed by atoms with E-state index in [1.54, 1.807) is 15.9 Å². The summed E-state index contributed by atoms with van der Waals surface area (Å²) in [6.45, 7) is 0. The van der Waals surface area contributed by atoms with Gasteiger partial charge in [0.1, 0.15) is 0 Å². The van der Waals surface area contributed by atoms with Crippen LogP contribution in [0.5, 0.6) is 0 Å². The number of rotatable bonds is 2. The van der Waals surface area contributed by atoms with Crippen LogP contribution >= 0.6 is 15.9 Å². The number of hydrogen-bond donors (Lipinski definition) is 1. The normalized spacial score (nSPS) is 15.1. The van der Waals surface area contributed by atoms with E-state index in [0.29, 0.717) is 0 Å². The molecule has 0 aliphatic rings. The molecule has 0 rings (SSSR count). The Morgan fingerprint density at radius 3 is 2.00 bits per heavy atom. The third-order valence-electron chi connectivity index (χ3n) is 0.504. The van der Waals surface area contributed by atoms with Crippen molar-refractivity contribution in [3.63, 3.8) is 0 Å². The number of carboxylic acids is 1. The number of aliphatic carboxylic acids is 1. The minimum Gasteiger partial charge on any atom is -0.479 e. The van der Waals surface area contributed by atoms with Crippen molar-refractivity contribution in [1.29, 1.82) is 0 Å². The highest BCUT2D eigenvalue weighted by Gasteiger charge is 2.42. The van der Waals surface area contributed by atoms with Gasteiger partial charge < -0.3 is 5.11 Å². The second-order valence-electron chi connectivity index (χ2n) is 1.24. The molecule has 0 aliphatic heterocycles. The van der Waals surface area contributed by atoms with Gasteiger partial charge in [-0.05, 0) is 15.9 Å². The van der Waals surface area contributed by atoms with Gasteiger partial charge in [0.15, 0.2) is 0 Å². The van der Waals surface area contributed by atoms with Crippen molar-refractivity contribution in [3.05, 3.63) is 0 Å². The van der Waals surface area contributed by atoms with Gasteiger partial charge in [-0.3, -0.25) is 0 Å². The summed E-state index contributed by atoms with van der Waals surface area (Å²) in [5, 5.41) is 7.63. The SMILES string of the molecule is O=C(O)C(F)C(F)(F)Br. The Kier molecular flexibility index (Phi) is 2.48. The second-order valence-corrected chi connectivity index (χ2v) is 2.30. The number of halogens is 4. The van der Waals surface area contributed by atoms with E-state index in [-0.39, 0.29) is 0 Å². The summed E-state index contributed by atoms with van der Waals surface area (Å²) < 4.78 is 34.7. The van der Waals surface area contributed by atoms with Crippen molar-refractivity contribution in [1.82, 2.24) is 0 Å². The Morgan fingerprint density at radius 1 is 1.67 bits per heavy atom. The molecule has 54 valence electrons. The third kappa shape index (κ3) is 2.69. The van der Waals surface area contributed by atoms with Gasteiger partial charge in [0.2, 0.25) is 0 Å². The molecule has 2 nitrogen and oxygen atoms in total. The molecule has 0 bridgehead atoms. The van der Waals surface area contributed by atoms with Crippen LogP contribution in [0.2, 0.25) is 0 Å².